The quantitative estimate of drug-likeness (QED) is 0.532. The van der Waals surface area contributed by atoms with E-state index in [-0.39, 0.29) is 0 Å². The molecule has 0 spiro atoms. The Morgan fingerprint density at radius 2 is 1.93 bits per heavy atom. The van der Waals surface area contributed by atoms with Gasteiger partial charge in [0.25, 0.3) is 0 Å². The van der Waals surface area contributed by atoms with Gasteiger partial charge in [0.15, 0.2) is 0 Å². The molecule has 0 saturated carbocycles. The summed E-state index contributed by atoms with van der Waals surface area (Å²) in [6.07, 6.45) is 5.15. The third-order valence-corrected chi connectivity index (χ3v) is 3.36. The Hall–Kier alpha value is 0.240. The van der Waals surface area contributed by atoms with Crippen LogP contribution in [0.25, 0.3) is 0 Å². The number of rotatable bonds is 7. The predicted octanol–water partition coefficient (Wildman–Crippen LogP) is 4.13. The summed E-state index contributed by atoms with van der Waals surface area (Å²) in [4.78, 5) is 2.22. The molecule has 3 heteroatoms. The predicted molar refractivity (Wildman–Crippen MR) is 76.7 cm³/mol. The summed E-state index contributed by atoms with van der Waals surface area (Å²) in [5.41, 5.74) is 0. The Balaban J connectivity index is 4.16. The maximum absolute atomic E-state index is 5.16. The molecule has 1 unspecified atom stereocenters. The van der Waals surface area contributed by atoms with Gasteiger partial charge in [0.2, 0.25) is 0 Å². The fourth-order valence-corrected chi connectivity index (χ4v) is 2.30. The highest BCUT2D eigenvalue weighted by Crippen LogP contribution is 2.17. The van der Waals surface area contributed by atoms with Gasteiger partial charge in [-0.15, -0.1) is 12.6 Å². The molecule has 15 heavy (non-hydrogen) atoms. The third kappa shape index (κ3) is 6.41. The van der Waals surface area contributed by atoms with E-state index in [0.717, 1.165) is 16.8 Å². The van der Waals surface area contributed by atoms with Crippen LogP contribution in [-0.4, -0.2) is 21.8 Å². The minimum Gasteiger partial charge on any atom is -0.355 e. The van der Waals surface area contributed by atoms with E-state index in [1.54, 1.807) is 0 Å². The number of hydrogen-bond acceptors (Lipinski definition) is 1. The van der Waals surface area contributed by atoms with Crippen LogP contribution in [-0.2, 0) is 0 Å². The zero-order valence-electron chi connectivity index (χ0n) is 10.5. The molecule has 0 bridgehead atoms. The molecular weight excluding hydrogens is 222 g/mol. The van der Waals surface area contributed by atoms with Crippen LogP contribution in [0.4, 0.5) is 0 Å². The first-order valence-electron chi connectivity index (χ1n) is 6.02. The van der Waals surface area contributed by atoms with E-state index in [2.05, 4.69) is 45.2 Å². The van der Waals surface area contributed by atoms with Gasteiger partial charge in [-0.3, -0.25) is 0 Å². The second kappa shape index (κ2) is 8.40. The molecule has 0 heterocycles. The molecule has 90 valence electrons. The molecule has 0 aliphatic heterocycles. The highest BCUT2D eigenvalue weighted by Gasteiger charge is 2.15. The summed E-state index contributed by atoms with van der Waals surface area (Å²) >= 11 is 9.46. The van der Waals surface area contributed by atoms with Gasteiger partial charge in [-0.05, 0) is 26.2 Å². The summed E-state index contributed by atoms with van der Waals surface area (Å²) in [6, 6.07) is 0.464. The van der Waals surface area contributed by atoms with Crippen molar-refractivity contribution in [1.29, 1.82) is 0 Å². The normalized spacial score (nSPS) is 12.9. The van der Waals surface area contributed by atoms with Crippen molar-refractivity contribution < 1.29 is 0 Å². The molecule has 0 aliphatic carbocycles. The number of thiol groups is 1. The van der Waals surface area contributed by atoms with Crippen molar-refractivity contribution in [1.82, 2.24) is 4.90 Å². The van der Waals surface area contributed by atoms with Crippen LogP contribution < -0.4 is 0 Å². The molecule has 0 aromatic heterocycles. The van der Waals surface area contributed by atoms with Gasteiger partial charge in [-0.1, -0.05) is 45.3 Å². The van der Waals surface area contributed by atoms with Crippen molar-refractivity contribution in [2.75, 3.05) is 6.54 Å². The Labute approximate surface area is 106 Å². The van der Waals surface area contributed by atoms with Gasteiger partial charge < -0.3 is 4.90 Å². The average Bonchev–Trinajstić information content (AvgIpc) is 2.17. The molecular formula is C12H25NS2. The van der Waals surface area contributed by atoms with Crippen LogP contribution >= 0.6 is 24.8 Å². The highest BCUT2D eigenvalue weighted by atomic mass is 32.1. The van der Waals surface area contributed by atoms with Crippen LogP contribution in [0.5, 0.6) is 0 Å². The van der Waals surface area contributed by atoms with Crippen molar-refractivity contribution in [2.45, 2.75) is 59.4 Å². The molecule has 0 aromatic carbocycles. The maximum atomic E-state index is 5.16. The fraction of sp³-hybridized carbons (Fsp3) is 0.917. The first-order valence-corrected chi connectivity index (χ1v) is 6.87. The molecule has 0 aromatic rings. The van der Waals surface area contributed by atoms with Crippen molar-refractivity contribution in [3.8, 4) is 0 Å². The summed E-state index contributed by atoms with van der Waals surface area (Å²) in [7, 11) is 0. The van der Waals surface area contributed by atoms with Crippen molar-refractivity contribution >= 4 is 29.2 Å². The van der Waals surface area contributed by atoms with E-state index >= 15 is 0 Å². The zero-order chi connectivity index (χ0) is 11.8. The topological polar surface area (TPSA) is 3.24 Å². The fourth-order valence-electron chi connectivity index (χ4n) is 1.71. The Bertz CT molecular complexity index is 180. The van der Waals surface area contributed by atoms with Crippen LogP contribution in [0.2, 0.25) is 0 Å². The first kappa shape index (κ1) is 15.2. The average molecular weight is 247 g/mol. The van der Waals surface area contributed by atoms with E-state index in [1.165, 1.54) is 25.7 Å². The molecule has 0 fully saturated rings. The highest BCUT2D eigenvalue weighted by molar-refractivity contribution is 8.10. The molecule has 1 nitrogen and oxygen atoms in total. The van der Waals surface area contributed by atoms with Crippen LogP contribution in [0.15, 0.2) is 0 Å². The molecule has 0 aliphatic rings. The molecule has 1 atom stereocenters. The van der Waals surface area contributed by atoms with E-state index in [9.17, 15) is 0 Å². The minimum atomic E-state index is 0.464. The summed E-state index contributed by atoms with van der Waals surface area (Å²) in [5, 5.41) is 0. The summed E-state index contributed by atoms with van der Waals surface area (Å²) < 4.78 is 0.736. The van der Waals surface area contributed by atoms with E-state index < -0.39 is 0 Å². The number of thiocarbonyl (C=S) groups is 1. The molecule has 0 rings (SSSR count). The summed E-state index contributed by atoms with van der Waals surface area (Å²) in [5.74, 6) is 0.762. The smallest absolute Gasteiger partial charge is 0.133 e. The lowest BCUT2D eigenvalue weighted by atomic mass is 9.98. The van der Waals surface area contributed by atoms with Gasteiger partial charge in [-0.25, -0.2) is 0 Å². The SMILES string of the molecule is CCCCC(CC)CN(C(=S)S)C(C)C. The standard InChI is InChI=1S/C12H25NS2/c1-5-7-8-11(6-2)9-13(10(3)4)12(14)15/h10-11H,5-9H2,1-4H3,(H,14,15). The van der Waals surface area contributed by atoms with E-state index in [1.807, 2.05) is 0 Å². The lowest BCUT2D eigenvalue weighted by Crippen LogP contribution is -2.37. The minimum absolute atomic E-state index is 0.464. The van der Waals surface area contributed by atoms with Crippen molar-refractivity contribution in [2.24, 2.45) is 5.92 Å². The second-order valence-corrected chi connectivity index (χ2v) is 5.56. The third-order valence-electron chi connectivity index (χ3n) is 2.87. The van der Waals surface area contributed by atoms with E-state index in [0.29, 0.717) is 6.04 Å². The monoisotopic (exact) mass is 247 g/mol. The van der Waals surface area contributed by atoms with Gasteiger partial charge >= 0.3 is 0 Å². The number of unbranched alkanes of at least 4 members (excludes halogenated alkanes) is 1. The molecule has 0 radical (unpaired) electrons. The van der Waals surface area contributed by atoms with Gasteiger partial charge in [0.1, 0.15) is 4.32 Å². The number of nitrogens with zero attached hydrogens (tertiary/aromatic N) is 1. The van der Waals surface area contributed by atoms with Gasteiger partial charge in [0, 0.05) is 12.6 Å². The van der Waals surface area contributed by atoms with Crippen LogP contribution in [0.1, 0.15) is 53.4 Å². The Morgan fingerprint density at radius 1 is 1.33 bits per heavy atom. The Kier molecular flexibility index (Phi) is 8.53. The maximum Gasteiger partial charge on any atom is 0.133 e. The lowest BCUT2D eigenvalue weighted by Gasteiger charge is -2.31. The van der Waals surface area contributed by atoms with Gasteiger partial charge in [-0.2, -0.15) is 0 Å². The number of hydrogen-bond donors (Lipinski definition) is 1. The van der Waals surface area contributed by atoms with Crippen LogP contribution in [0.3, 0.4) is 0 Å². The van der Waals surface area contributed by atoms with Gasteiger partial charge in [0.05, 0.1) is 0 Å². The van der Waals surface area contributed by atoms with Crippen LogP contribution in [0, 0.1) is 5.92 Å². The second-order valence-electron chi connectivity index (χ2n) is 4.45. The first-order chi connectivity index (χ1) is 7.02. The molecule has 0 saturated heterocycles. The zero-order valence-corrected chi connectivity index (χ0v) is 12.2. The van der Waals surface area contributed by atoms with E-state index in [4.69, 9.17) is 12.2 Å². The summed E-state index contributed by atoms with van der Waals surface area (Å²) in [6.45, 7) is 9.93. The van der Waals surface area contributed by atoms with Crippen molar-refractivity contribution in [3.63, 3.8) is 0 Å². The lowest BCUT2D eigenvalue weighted by molar-refractivity contribution is 0.281. The van der Waals surface area contributed by atoms with Crippen molar-refractivity contribution in [3.05, 3.63) is 0 Å². The molecule has 0 N–H and O–H groups in total. The molecule has 0 amide bonds. The largest absolute Gasteiger partial charge is 0.355 e. The Morgan fingerprint density at radius 3 is 2.27 bits per heavy atom.